The highest BCUT2D eigenvalue weighted by atomic mass is 16.6. The standard InChI is InChI=1S/C14H19BO4/c1-10-8-14(2,3)19-15(18-10)12-5-6-13(17-4)11(7-12)9-16/h5-7,9-10H,8H2,1-4H3. The summed E-state index contributed by atoms with van der Waals surface area (Å²) in [5, 5.41) is 0. The van der Waals surface area contributed by atoms with Crippen LogP contribution in [0.3, 0.4) is 0 Å². The number of aldehydes is 1. The monoisotopic (exact) mass is 262 g/mol. The largest absolute Gasteiger partial charge is 0.496 e. The lowest BCUT2D eigenvalue weighted by Crippen LogP contribution is -2.51. The van der Waals surface area contributed by atoms with Crippen LogP contribution >= 0.6 is 0 Å². The fourth-order valence-electron chi connectivity index (χ4n) is 2.46. The van der Waals surface area contributed by atoms with Crippen LogP contribution in [0.2, 0.25) is 0 Å². The highest BCUT2D eigenvalue weighted by Crippen LogP contribution is 2.26. The minimum absolute atomic E-state index is 0.121. The Morgan fingerprint density at radius 2 is 2.21 bits per heavy atom. The van der Waals surface area contributed by atoms with E-state index in [1.807, 2.05) is 26.8 Å². The fourth-order valence-corrected chi connectivity index (χ4v) is 2.46. The number of carbonyl (C=O) groups excluding carboxylic acids is 1. The van der Waals surface area contributed by atoms with Crippen molar-refractivity contribution in [2.24, 2.45) is 0 Å². The Balaban J connectivity index is 2.28. The predicted molar refractivity (Wildman–Crippen MR) is 74.1 cm³/mol. The van der Waals surface area contributed by atoms with Crippen LogP contribution in [0, 0.1) is 0 Å². The van der Waals surface area contributed by atoms with Crippen molar-refractivity contribution in [3.05, 3.63) is 23.8 Å². The number of rotatable bonds is 3. The van der Waals surface area contributed by atoms with Gasteiger partial charge in [-0.05, 0) is 44.8 Å². The highest BCUT2D eigenvalue weighted by molar-refractivity contribution is 6.61. The second-order valence-corrected chi connectivity index (χ2v) is 5.48. The molecule has 0 aromatic heterocycles. The SMILES string of the molecule is COc1ccc(B2OC(C)CC(C)(C)O2)cc1C=O. The zero-order chi connectivity index (χ0) is 14.0. The van der Waals surface area contributed by atoms with Gasteiger partial charge in [0.05, 0.1) is 18.3 Å². The molecule has 0 bridgehead atoms. The van der Waals surface area contributed by atoms with Gasteiger partial charge in [-0.1, -0.05) is 6.07 Å². The lowest BCUT2D eigenvalue weighted by molar-refractivity contribution is -0.0229. The average Bonchev–Trinajstić information content (AvgIpc) is 2.35. The van der Waals surface area contributed by atoms with E-state index in [1.54, 1.807) is 19.2 Å². The molecule has 1 unspecified atom stereocenters. The van der Waals surface area contributed by atoms with Crippen LogP contribution in [0.5, 0.6) is 5.75 Å². The van der Waals surface area contributed by atoms with E-state index in [1.165, 1.54) is 0 Å². The summed E-state index contributed by atoms with van der Waals surface area (Å²) in [7, 11) is 1.10. The van der Waals surface area contributed by atoms with Crippen LogP contribution < -0.4 is 10.2 Å². The van der Waals surface area contributed by atoms with Gasteiger partial charge in [-0.2, -0.15) is 0 Å². The van der Waals surface area contributed by atoms with Crippen molar-refractivity contribution in [2.75, 3.05) is 7.11 Å². The molecule has 1 aliphatic rings. The number of carbonyl (C=O) groups is 1. The summed E-state index contributed by atoms with van der Waals surface area (Å²) in [6.07, 6.45) is 1.75. The summed E-state index contributed by atoms with van der Waals surface area (Å²) in [6, 6.07) is 5.38. The van der Waals surface area contributed by atoms with Crippen molar-refractivity contribution in [1.29, 1.82) is 0 Å². The normalized spacial score (nSPS) is 22.1. The Kier molecular flexibility index (Phi) is 3.97. The molecule has 0 N–H and O–H groups in total. The van der Waals surface area contributed by atoms with Crippen molar-refractivity contribution < 1.29 is 18.8 Å². The number of benzene rings is 1. The molecule has 1 fully saturated rings. The first-order valence-electron chi connectivity index (χ1n) is 6.41. The first kappa shape index (κ1) is 14.1. The Morgan fingerprint density at radius 3 is 2.79 bits per heavy atom. The summed E-state index contributed by atoms with van der Waals surface area (Å²) in [4.78, 5) is 11.1. The molecule has 1 aromatic rings. The Hall–Kier alpha value is -1.33. The molecule has 0 radical (unpaired) electrons. The van der Waals surface area contributed by atoms with Gasteiger partial charge in [-0.25, -0.2) is 0 Å². The zero-order valence-electron chi connectivity index (χ0n) is 11.8. The number of hydrogen-bond donors (Lipinski definition) is 0. The lowest BCUT2D eigenvalue weighted by Gasteiger charge is -2.38. The van der Waals surface area contributed by atoms with Crippen molar-refractivity contribution >= 4 is 18.9 Å². The quantitative estimate of drug-likeness (QED) is 0.615. The third kappa shape index (κ3) is 3.17. The molecule has 0 spiro atoms. The summed E-state index contributed by atoms with van der Waals surface area (Å²) in [5.41, 5.74) is 1.11. The molecule has 1 atom stereocenters. The number of hydrogen-bond acceptors (Lipinski definition) is 4. The molecule has 1 heterocycles. The Bertz CT molecular complexity index is 473. The van der Waals surface area contributed by atoms with Gasteiger partial charge in [-0.15, -0.1) is 0 Å². The molecule has 0 saturated carbocycles. The van der Waals surface area contributed by atoms with E-state index >= 15 is 0 Å². The first-order valence-corrected chi connectivity index (χ1v) is 6.41. The molecule has 0 amide bonds. The minimum atomic E-state index is -0.441. The van der Waals surface area contributed by atoms with Crippen LogP contribution in [0.4, 0.5) is 0 Å². The minimum Gasteiger partial charge on any atom is -0.496 e. The molecule has 1 saturated heterocycles. The molecule has 2 rings (SSSR count). The molecule has 4 nitrogen and oxygen atoms in total. The van der Waals surface area contributed by atoms with Gasteiger partial charge in [0.1, 0.15) is 5.75 Å². The predicted octanol–water partition coefficient (Wildman–Crippen LogP) is 1.81. The highest BCUT2D eigenvalue weighted by Gasteiger charge is 2.38. The summed E-state index contributed by atoms with van der Waals surface area (Å²) in [6.45, 7) is 6.12. The molecule has 1 aromatic carbocycles. The van der Waals surface area contributed by atoms with Gasteiger partial charge >= 0.3 is 7.12 Å². The van der Waals surface area contributed by atoms with Crippen LogP contribution in [0.1, 0.15) is 37.6 Å². The number of ether oxygens (including phenoxy) is 1. The second-order valence-electron chi connectivity index (χ2n) is 5.48. The first-order chi connectivity index (χ1) is 8.95. The molecule has 5 heteroatoms. The third-order valence-corrected chi connectivity index (χ3v) is 3.21. The van der Waals surface area contributed by atoms with E-state index in [4.69, 9.17) is 14.0 Å². The maximum atomic E-state index is 11.1. The van der Waals surface area contributed by atoms with Crippen LogP contribution in [0.25, 0.3) is 0 Å². The molecular weight excluding hydrogens is 243 g/mol. The van der Waals surface area contributed by atoms with Crippen molar-refractivity contribution in [3.8, 4) is 5.75 Å². The zero-order valence-corrected chi connectivity index (χ0v) is 11.8. The van der Waals surface area contributed by atoms with Crippen molar-refractivity contribution in [2.45, 2.75) is 38.9 Å². The topological polar surface area (TPSA) is 44.8 Å². The van der Waals surface area contributed by atoms with Crippen LogP contribution in [-0.2, 0) is 9.31 Å². The Labute approximate surface area is 114 Å². The van der Waals surface area contributed by atoms with E-state index in [0.29, 0.717) is 11.3 Å². The average molecular weight is 262 g/mol. The maximum absolute atomic E-state index is 11.1. The maximum Gasteiger partial charge on any atom is 0.494 e. The van der Waals surface area contributed by atoms with Gasteiger partial charge in [0.25, 0.3) is 0 Å². The van der Waals surface area contributed by atoms with Gasteiger partial charge < -0.3 is 14.0 Å². The lowest BCUT2D eigenvalue weighted by atomic mass is 9.74. The molecular formula is C14H19BO4. The van der Waals surface area contributed by atoms with E-state index in [9.17, 15) is 4.79 Å². The van der Waals surface area contributed by atoms with E-state index in [2.05, 4.69) is 0 Å². The van der Waals surface area contributed by atoms with Gasteiger partial charge in [0, 0.05) is 6.10 Å². The van der Waals surface area contributed by atoms with E-state index < -0.39 is 7.12 Å². The third-order valence-electron chi connectivity index (χ3n) is 3.21. The fraction of sp³-hybridized carbons (Fsp3) is 0.500. The molecule has 102 valence electrons. The summed E-state index contributed by atoms with van der Waals surface area (Å²) >= 11 is 0. The smallest absolute Gasteiger partial charge is 0.494 e. The molecule has 1 aliphatic heterocycles. The Morgan fingerprint density at radius 1 is 1.47 bits per heavy atom. The van der Waals surface area contributed by atoms with Gasteiger partial charge in [0.15, 0.2) is 6.29 Å². The van der Waals surface area contributed by atoms with Crippen molar-refractivity contribution in [3.63, 3.8) is 0 Å². The van der Waals surface area contributed by atoms with E-state index in [-0.39, 0.29) is 11.7 Å². The number of methoxy groups -OCH3 is 1. The van der Waals surface area contributed by atoms with Crippen LogP contribution in [-0.4, -0.2) is 32.2 Å². The molecule has 19 heavy (non-hydrogen) atoms. The summed E-state index contributed by atoms with van der Waals surface area (Å²) in [5.74, 6) is 0.557. The summed E-state index contributed by atoms with van der Waals surface area (Å²) < 4.78 is 16.9. The van der Waals surface area contributed by atoms with Gasteiger partial charge in [-0.3, -0.25) is 4.79 Å². The van der Waals surface area contributed by atoms with E-state index in [0.717, 1.165) is 18.2 Å². The van der Waals surface area contributed by atoms with Crippen LogP contribution in [0.15, 0.2) is 18.2 Å². The van der Waals surface area contributed by atoms with Crippen molar-refractivity contribution in [1.82, 2.24) is 0 Å². The second kappa shape index (κ2) is 5.35. The van der Waals surface area contributed by atoms with Gasteiger partial charge in [0.2, 0.25) is 0 Å². The molecule has 0 aliphatic carbocycles.